The van der Waals surface area contributed by atoms with Gasteiger partial charge in [0.1, 0.15) is 0 Å². The number of hydrogen-bond acceptors (Lipinski definition) is 2. The minimum absolute atomic E-state index is 0.510. The summed E-state index contributed by atoms with van der Waals surface area (Å²) >= 11 is 0. The molecule has 1 saturated heterocycles. The van der Waals surface area contributed by atoms with E-state index in [0.29, 0.717) is 12.1 Å². The third kappa shape index (κ3) is 3.06. The van der Waals surface area contributed by atoms with Crippen LogP contribution in [0.3, 0.4) is 0 Å². The standard InChI is InChI=1S/C10H21NOS/c1-4-5-9(2)11-6-7-13(12)8-10(11)3/h9-10H,4-8H2,1-3H3. The number of hydrogen-bond donors (Lipinski definition) is 0. The predicted molar refractivity (Wildman–Crippen MR) is 58.4 cm³/mol. The van der Waals surface area contributed by atoms with Gasteiger partial charge in [-0.15, -0.1) is 0 Å². The monoisotopic (exact) mass is 203 g/mol. The molecule has 0 aromatic carbocycles. The Morgan fingerprint density at radius 3 is 2.85 bits per heavy atom. The Labute approximate surface area is 84.2 Å². The van der Waals surface area contributed by atoms with E-state index in [1.165, 1.54) is 12.8 Å². The van der Waals surface area contributed by atoms with Crippen LogP contribution < -0.4 is 0 Å². The molecule has 3 heteroatoms. The van der Waals surface area contributed by atoms with Crippen molar-refractivity contribution in [3.8, 4) is 0 Å². The van der Waals surface area contributed by atoms with Gasteiger partial charge in [-0.3, -0.25) is 9.11 Å². The van der Waals surface area contributed by atoms with E-state index in [0.717, 1.165) is 18.1 Å². The van der Waals surface area contributed by atoms with E-state index in [1.807, 2.05) is 0 Å². The molecule has 3 unspecified atom stereocenters. The summed E-state index contributed by atoms with van der Waals surface area (Å²) in [5, 5.41) is 0. The van der Waals surface area contributed by atoms with Crippen LogP contribution in [-0.2, 0) is 10.8 Å². The molecule has 0 N–H and O–H groups in total. The SMILES string of the molecule is CCCC(C)N1CCS(=O)CC1C. The van der Waals surface area contributed by atoms with Crippen molar-refractivity contribution in [2.24, 2.45) is 0 Å². The fraction of sp³-hybridized carbons (Fsp3) is 1.00. The van der Waals surface area contributed by atoms with Crippen LogP contribution in [0.25, 0.3) is 0 Å². The summed E-state index contributed by atoms with van der Waals surface area (Å²) in [6, 6.07) is 1.17. The molecule has 2 nitrogen and oxygen atoms in total. The normalized spacial score (nSPS) is 33.2. The first-order chi connectivity index (χ1) is 6.15. The lowest BCUT2D eigenvalue weighted by atomic mass is 10.1. The molecular weight excluding hydrogens is 182 g/mol. The molecule has 0 spiro atoms. The van der Waals surface area contributed by atoms with Crippen LogP contribution in [0, 0.1) is 0 Å². The van der Waals surface area contributed by atoms with Crippen LogP contribution in [0.1, 0.15) is 33.6 Å². The second-order valence-corrected chi connectivity index (χ2v) is 5.66. The first-order valence-corrected chi connectivity index (χ1v) is 6.74. The number of rotatable bonds is 3. The summed E-state index contributed by atoms with van der Waals surface area (Å²) in [4.78, 5) is 2.50. The van der Waals surface area contributed by atoms with Crippen LogP contribution in [0.5, 0.6) is 0 Å². The maximum Gasteiger partial charge on any atom is 0.0388 e. The Balaban J connectivity index is 2.45. The van der Waals surface area contributed by atoms with Crippen molar-refractivity contribution < 1.29 is 4.21 Å². The van der Waals surface area contributed by atoms with Crippen molar-refractivity contribution in [1.29, 1.82) is 0 Å². The van der Waals surface area contributed by atoms with E-state index in [9.17, 15) is 4.21 Å². The van der Waals surface area contributed by atoms with Crippen LogP contribution in [-0.4, -0.2) is 39.2 Å². The maximum atomic E-state index is 11.3. The molecule has 78 valence electrons. The molecule has 13 heavy (non-hydrogen) atoms. The lowest BCUT2D eigenvalue weighted by Crippen LogP contribution is -2.49. The van der Waals surface area contributed by atoms with Gasteiger partial charge in [-0.2, -0.15) is 0 Å². The zero-order valence-corrected chi connectivity index (χ0v) is 9.77. The molecule has 0 amide bonds. The molecule has 0 aliphatic carbocycles. The summed E-state index contributed by atoms with van der Waals surface area (Å²) in [5.74, 6) is 1.74. The van der Waals surface area contributed by atoms with Crippen LogP contribution in [0.2, 0.25) is 0 Å². The first kappa shape index (κ1) is 11.2. The third-order valence-corrected chi connectivity index (χ3v) is 4.34. The highest BCUT2D eigenvalue weighted by atomic mass is 32.2. The van der Waals surface area contributed by atoms with Gasteiger partial charge in [-0.05, 0) is 20.3 Å². The largest absolute Gasteiger partial charge is 0.296 e. The number of nitrogens with zero attached hydrogens (tertiary/aromatic N) is 1. The summed E-state index contributed by atoms with van der Waals surface area (Å²) in [5.41, 5.74) is 0. The van der Waals surface area contributed by atoms with E-state index in [4.69, 9.17) is 0 Å². The van der Waals surface area contributed by atoms with Crippen LogP contribution >= 0.6 is 0 Å². The van der Waals surface area contributed by atoms with E-state index < -0.39 is 10.8 Å². The topological polar surface area (TPSA) is 20.3 Å². The summed E-state index contributed by atoms with van der Waals surface area (Å²) in [7, 11) is -0.553. The minimum Gasteiger partial charge on any atom is -0.296 e. The van der Waals surface area contributed by atoms with Crippen LogP contribution in [0.15, 0.2) is 0 Å². The van der Waals surface area contributed by atoms with Gasteiger partial charge in [0.05, 0.1) is 0 Å². The van der Waals surface area contributed by atoms with Gasteiger partial charge in [0.15, 0.2) is 0 Å². The summed E-state index contributed by atoms with van der Waals surface area (Å²) in [6.07, 6.45) is 2.50. The molecule has 1 rings (SSSR count). The van der Waals surface area contributed by atoms with E-state index in [-0.39, 0.29) is 0 Å². The van der Waals surface area contributed by atoms with Gasteiger partial charge < -0.3 is 0 Å². The first-order valence-electron chi connectivity index (χ1n) is 5.25. The Morgan fingerprint density at radius 1 is 1.62 bits per heavy atom. The molecule has 0 radical (unpaired) electrons. The molecular formula is C10H21NOS. The van der Waals surface area contributed by atoms with Gasteiger partial charge in [-0.1, -0.05) is 13.3 Å². The lowest BCUT2D eigenvalue weighted by molar-refractivity contribution is 0.162. The van der Waals surface area contributed by atoms with E-state index in [2.05, 4.69) is 25.7 Å². The average molecular weight is 203 g/mol. The quantitative estimate of drug-likeness (QED) is 0.695. The van der Waals surface area contributed by atoms with Gasteiger partial charge in [0.25, 0.3) is 0 Å². The van der Waals surface area contributed by atoms with Crippen molar-refractivity contribution in [3.05, 3.63) is 0 Å². The average Bonchev–Trinajstić information content (AvgIpc) is 2.04. The molecule has 1 aliphatic heterocycles. The van der Waals surface area contributed by atoms with Crippen molar-refractivity contribution in [2.75, 3.05) is 18.1 Å². The Hall–Kier alpha value is 0.110. The van der Waals surface area contributed by atoms with Crippen LogP contribution in [0.4, 0.5) is 0 Å². The minimum atomic E-state index is -0.553. The fourth-order valence-corrected chi connectivity index (χ4v) is 3.42. The van der Waals surface area contributed by atoms with Gasteiger partial charge >= 0.3 is 0 Å². The van der Waals surface area contributed by atoms with Gasteiger partial charge in [-0.25, -0.2) is 0 Å². The zero-order valence-electron chi connectivity index (χ0n) is 8.95. The van der Waals surface area contributed by atoms with Crippen molar-refractivity contribution in [3.63, 3.8) is 0 Å². The molecule has 3 atom stereocenters. The highest BCUT2D eigenvalue weighted by molar-refractivity contribution is 7.85. The maximum absolute atomic E-state index is 11.3. The van der Waals surface area contributed by atoms with E-state index in [1.54, 1.807) is 0 Å². The van der Waals surface area contributed by atoms with Gasteiger partial charge in [0.2, 0.25) is 0 Å². The highest BCUT2D eigenvalue weighted by Crippen LogP contribution is 2.15. The molecule has 0 saturated carbocycles. The van der Waals surface area contributed by atoms with E-state index >= 15 is 0 Å². The smallest absolute Gasteiger partial charge is 0.0388 e. The fourth-order valence-electron chi connectivity index (χ4n) is 2.11. The second kappa shape index (κ2) is 5.11. The molecule has 1 aliphatic rings. The molecule has 0 aromatic rings. The van der Waals surface area contributed by atoms with Crippen molar-refractivity contribution in [2.45, 2.75) is 45.7 Å². The molecule has 1 fully saturated rings. The summed E-state index contributed by atoms with van der Waals surface area (Å²) in [6.45, 7) is 7.73. The van der Waals surface area contributed by atoms with Gasteiger partial charge in [0, 0.05) is 40.9 Å². The summed E-state index contributed by atoms with van der Waals surface area (Å²) < 4.78 is 11.3. The lowest BCUT2D eigenvalue weighted by Gasteiger charge is -2.37. The Bertz CT molecular complexity index is 184. The van der Waals surface area contributed by atoms with Crippen molar-refractivity contribution in [1.82, 2.24) is 4.90 Å². The molecule has 1 heterocycles. The Morgan fingerprint density at radius 2 is 2.31 bits per heavy atom. The Kier molecular flexibility index (Phi) is 4.39. The second-order valence-electron chi connectivity index (χ2n) is 4.04. The zero-order chi connectivity index (χ0) is 9.84. The molecule has 0 aromatic heterocycles. The predicted octanol–water partition coefficient (Wildman–Crippen LogP) is 1.63. The molecule has 0 bridgehead atoms. The highest BCUT2D eigenvalue weighted by Gasteiger charge is 2.25. The third-order valence-electron chi connectivity index (χ3n) is 2.84. The van der Waals surface area contributed by atoms with Crippen molar-refractivity contribution >= 4 is 10.8 Å².